The second kappa shape index (κ2) is 8.31. The number of piperidine rings is 1. The zero-order valence-corrected chi connectivity index (χ0v) is 11.1. The summed E-state index contributed by atoms with van der Waals surface area (Å²) in [5, 5.41) is 6.06. The Bertz CT molecular complexity index is 255. The molecule has 1 aliphatic heterocycles. The molecule has 0 radical (unpaired) electrons. The maximum atomic E-state index is 11.8. The minimum absolute atomic E-state index is 0. The Hall–Kier alpha value is -0.810. The molecular weight excluding hydrogens is 244 g/mol. The lowest BCUT2D eigenvalue weighted by molar-refractivity contribution is -0.141. The number of amides is 1. The molecule has 0 aromatic carbocycles. The van der Waals surface area contributed by atoms with Gasteiger partial charge in [0.2, 0.25) is 5.91 Å². The van der Waals surface area contributed by atoms with Gasteiger partial charge in [0.1, 0.15) is 0 Å². The fraction of sp³-hybridized carbons (Fsp3) is 0.818. The van der Waals surface area contributed by atoms with Gasteiger partial charge in [-0.3, -0.25) is 9.59 Å². The van der Waals surface area contributed by atoms with Crippen LogP contribution in [-0.4, -0.2) is 38.1 Å². The molecule has 0 spiro atoms. The van der Waals surface area contributed by atoms with Crippen molar-refractivity contribution in [1.82, 2.24) is 10.6 Å². The Morgan fingerprint density at radius 1 is 1.41 bits per heavy atom. The number of hydrogen-bond acceptors (Lipinski definition) is 4. The summed E-state index contributed by atoms with van der Waals surface area (Å²) in [6.45, 7) is 3.60. The van der Waals surface area contributed by atoms with Crippen LogP contribution in [0.25, 0.3) is 0 Å². The molecule has 100 valence electrons. The van der Waals surface area contributed by atoms with E-state index in [4.69, 9.17) is 0 Å². The first kappa shape index (κ1) is 16.2. The number of esters is 1. The fourth-order valence-corrected chi connectivity index (χ4v) is 1.83. The van der Waals surface area contributed by atoms with Crippen molar-refractivity contribution in [1.29, 1.82) is 0 Å². The van der Waals surface area contributed by atoms with Gasteiger partial charge in [0.25, 0.3) is 0 Å². The number of hydrogen-bond donors (Lipinski definition) is 2. The van der Waals surface area contributed by atoms with E-state index >= 15 is 0 Å². The summed E-state index contributed by atoms with van der Waals surface area (Å²) in [5.74, 6) is -0.155. The quantitative estimate of drug-likeness (QED) is 0.725. The van der Waals surface area contributed by atoms with Crippen molar-refractivity contribution in [2.45, 2.75) is 32.2 Å². The lowest BCUT2D eigenvalue weighted by Gasteiger charge is -2.23. The van der Waals surface area contributed by atoms with Crippen molar-refractivity contribution < 1.29 is 14.3 Å². The number of carbonyl (C=O) groups excluding carboxylic acids is 2. The number of ether oxygens (including phenoxy) is 1. The summed E-state index contributed by atoms with van der Waals surface area (Å²) in [4.78, 5) is 22.8. The van der Waals surface area contributed by atoms with E-state index in [-0.39, 0.29) is 42.7 Å². The predicted molar refractivity (Wildman–Crippen MR) is 67.1 cm³/mol. The van der Waals surface area contributed by atoms with E-state index in [0.717, 1.165) is 25.9 Å². The smallest absolute Gasteiger partial charge is 0.307 e. The third kappa shape index (κ3) is 5.89. The van der Waals surface area contributed by atoms with Crippen LogP contribution < -0.4 is 10.6 Å². The molecule has 0 aromatic heterocycles. The van der Waals surface area contributed by atoms with Crippen LogP contribution in [0.2, 0.25) is 0 Å². The van der Waals surface area contributed by atoms with Crippen molar-refractivity contribution >= 4 is 24.3 Å². The van der Waals surface area contributed by atoms with Crippen LogP contribution in [0.4, 0.5) is 0 Å². The number of carbonyl (C=O) groups is 2. The predicted octanol–water partition coefficient (Wildman–Crippen LogP) is 0.476. The minimum Gasteiger partial charge on any atom is -0.469 e. The van der Waals surface area contributed by atoms with Crippen molar-refractivity contribution in [3.63, 3.8) is 0 Å². The largest absolute Gasteiger partial charge is 0.469 e. The van der Waals surface area contributed by atoms with Crippen LogP contribution in [0.15, 0.2) is 0 Å². The lowest BCUT2D eigenvalue weighted by atomic mass is 9.97. The molecule has 1 atom stereocenters. The Kier molecular flexibility index (Phi) is 7.91. The summed E-state index contributed by atoms with van der Waals surface area (Å²) in [5.41, 5.74) is 0. The van der Waals surface area contributed by atoms with Crippen LogP contribution in [0.3, 0.4) is 0 Å². The molecule has 1 rings (SSSR count). The Balaban J connectivity index is 0.00000256. The summed E-state index contributed by atoms with van der Waals surface area (Å²) in [6, 6.07) is -0.158. The Labute approximate surface area is 108 Å². The molecule has 6 heteroatoms. The van der Waals surface area contributed by atoms with Gasteiger partial charge in [-0.15, -0.1) is 12.4 Å². The molecule has 5 nitrogen and oxygen atoms in total. The van der Waals surface area contributed by atoms with Crippen molar-refractivity contribution in [3.8, 4) is 0 Å². The molecule has 1 saturated heterocycles. The van der Waals surface area contributed by atoms with E-state index in [1.54, 1.807) is 0 Å². The van der Waals surface area contributed by atoms with Crippen molar-refractivity contribution in [2.75, 3.05) is 20.2 Å². The molecule has 1 fully saturated rings. The summed E-state index contributed by atoms with van der Waals surface area (Å²) in [6.07, 6.45) is 1.97. The molecule has 1 heterocycles. The number of halogens is 1. The van der Waals surface area contributed by atoms with Gasteiger partial charge in [0, 0.05) is 12.0 Å². The van der Waals surface area contributed by atoms with Crippen LogP contribution in [0.1, 0.15) is 26.2 Å². The second-order valence-electron chi connectivity index (χ2n) is 4.21. The highest BCUT2D eigenvalue weighted by molar-refractivity contribution is 5.85. The molecule has 0 saturated carbocycles. The number of rotatable bonds is 4. The summed E-state index contributed by atoms with van der Waals surface area (Å²) < 4.78 is 4.55. The van der Waals surface area contributed by atoms with E-state index in [1.165, 1.54) is 7.11 Å². The van der Waals surface area contributed by atoms with E-state index in [0.29, 0.717) is 0 Å². The molecule has 1 unspecified atom stereocenters. The summed E-state index contributed by atoms with van der Waals surface area (Å²) >= 11 is 0. The van der Waals surface area contributed by atoms with Gasteiger partial charge in [-0.1, -0.05) is 0 Å². The third-order valence-electron chi connectivity index (χ3n) is 2.80. The third-order valence-corrected chi connectivity index (χ3v) is 2.80. The van der Waals surface area contributed by atoms with E-state index in [2.05, 4.69) is 15.4 Å². The Morgan fingerprint density at radius 3 is 2.53 bits per heavy atom. The van der Waals surface area contributed by atoms with Gasteiger partial charge in [-0.05, 0) is 32.9 Å². The lowest BCUT2D eigenvalue weighted by Crippen LogP contribution is -2.42. The molecule has 17 heavy (non-hydrogen) atoms. The van der Waals surface area contributed by atoms with Crippen molar-refractivity contribution in [2.24, 2.45) is 5.92 Å². The SMILES string of the molecule is COC(=O)CC(C)NC(=O)C1CCNCC1.Cl. The molecule has 0 bridgehead atoms. The first-order valence-electron chi connectivity index (χ1n) is 5.71. The molecule has 0 aliphatic carbocycles. The molecule has 1 amide bonds. The molecular formula is C11H21ClN2O3. The van der Waals surface area contributed by atoms with Gasteiger partial charge in [0.05, 0.1) is 13.5 Å². The van der Waals surface area contributed by atoms with Crippen LogP contribution in [0.5, 0.6) is 0 Å². The van der Waals surface area contributed by atoms with Crippen LogP contribution >= 0.6 is 12.4 Å². The Morgan fingerprint density at radius 2 is 2.00 bits per heavy atom. The highest BCUT2D eigenvalue weighted by Gasteiger charge is 2.22. The van der Waals surface area contributed by atoms with Gasteiger partial charge < -0.3 is 15.4 Å². The van der Waals surface area contributed by atoms with E-state index in [9.17, 15) is 9.59 Å². The number of methoxy groups -OCH3 is 1. The first-order chi connectivity index (χ1) is 7.63. The average molecular weight is 265 g/mol. The minimum atomic E-state index is -0.293. The van der Waals surface area contributed by atoms with Crippen LogP contribution in [0, 0.1) is 5.92 Å². The average Bonchev–Trinajstić information content (AvgIpc) is 2.29. The standard InChI is InChI=1S/C11H20N2O3.ClH/c1-8(7-10(14)16-2)13-11(15)9-3-5-12-6-4-9;/h8-9,12H,3-7H2,1-2H3,(H,13,15);1H. The maximum Gasteiger partial charge on any atom is 0.307 e. The van der Waals surface area contributed by atoms with Crippen LogP contribution in [-0.2, 0) is 14.3 Å². The van der Waals surface area contributed by atoms with Gasteiger partial charge >= 0.3 is 5.97 Å². The second-order valence-corrected chi connectivity index (χ2v) is 4.21. The zero-order chi connectivity index (χ0) is 12.0. The fourth-order valence-electron chi connectivity index (χ4n) is 1.83. The maximum absolute atomic E-state index is 11.8. The zero-order valence-electron chi connectivity index (χ0n) is 10.3. The van der Waals surface area contributed by atoms with Gasteiger partial charge in [-0.25, -0.2) is 0 Å². The van der Waals surface area contributed by atoms with E-state index < -0.39 is 0 Å². The first-order valence-corrected chi connectivity index (χ1v) is 5.71. The molecule has 1 aliphatic rings. The highest BCUT2D eigenvalue weighted by atomic mass is 35.5. The normalized spacial score (nSPS) is 17.8. The molecule has 0 aromatic rings. The van der Waals surface area contributed by atoms with Gasteiger partial charge in [0.15, 0.2) is 0 Å². The highest BCUT2D eigenvalue weighted by Crippen LogP contribution is 2.11. The topological polar surface area (TPSA) is 67.4 Å². The van der Waals surface area contributed by atoms with Gasteiger partial charge in [-0.2, -0.15) is 0 Å². The van der Waals surface area contributed by atoms with Crippen molar-refractivity contribution in [3.05, 3.63) is 0 Å². The molecule has 2 N–H and O–H groups in total. The van der Waals surface area contributed by atoms with E-state index in [1.807, 2.05) is 6.92 Å². The summed E-state index contributed by atoms with van der Waals surface area (Å²) in [7, 11) is 1.35. The monoisotopic (exact) mass is 264 g/mol. The number of nitrogens with one attached hydrogen (secondary N) is 2.